The number of H-pyrrole nitrogens is 1. The molecule has 3 heteroatoms. The summed E-state index contributed by atoms with van der Waals surface area (Å²) in [7, 11) is 0. The molecule has 15 heavy (non-hydrogen) atoms. The summed E-state index contributed by atoms with van der Waals surface area (Å²) in [5.41, 5.74) is 2.31. The first-order chi connectivity index (χ1) is 7.16. The Balaban J connectivity index is 2.55. The van der Waals surface area contributed by atoms with Gasteiger partial charge in [-0.1, -0.05) is 12.1 Å². The number of aryl methyl sites for hydroxylation is 1. The third-order valence-electron chi connectivity index (χ3n) is 2.32. The van der Waals surface area contributed by atoms with E-state index in [0.717, 1.165) is 16.7 Å². The van der Waals surface area contributed by atoms with E-state index in [4.69, 9.17) is 0 Å². The summed E-state index contributed by atoms with van der Waals surface area (Å²) in [6.07, 6.45) is 1.59. The van der Waals surface area contributed by atoms with Crippen LogP contribution >= 0.6 is 0 Å². The lowest BCUT2D eigenvalue weighted by atomic mass is 10.0. The standard InChI is InChI=1S/C12H11NO2/c1-8-2-3-9(6-11(8)14)10-4-5-13-12(15)7-10/h2-7,14H,1H3,(H,13,15). The van der Waals surface area contributed by atoms with Crippen LogP contribution in [0.2, 0.25) is 0 Å². The topological polar surface area (TPSA) is 53.1 Å². The van der Waals surface area contributed by atoms with Crippen molar-refractivity contribution < 1.29 is 5.11 Å². The minimum absolute atomic E-state index is 0.146. The van der Waals surface area contributed by atoms with Gasteiger partial charge in [-0.25, -0.2) is 0 Å². The summed E-state index contributed by atoms with van der Waals surface area (Å²) >= 11 is 0. The molecule has 0 atom stereocenters. The van der Waals surface area contributed by atoms with Gasteiger partial charge in [0, 0.05) is 12.3 Å². The molecule has 0 aliphatic rings. The molecule has 76 valence electrons. The van der Waals surface area contributed by atoms with Gasteiger partial charge in [0.2, 0.25) is 5.56 Å². The predicted molar refractivity (Wildman–Crippen MR) is 58.9 cm³/mol. The molecule has 0 aliphatic heterocycles. The average Bonchev–Trinajstić information content (AvgIpc) is 2.22. The first kappa shape index (κ1) is 9.52. The number of benzene rings is 1. The predicted octanol–water partition coefficient (Wildman–Crippen LogP) is 2.06. The summed E-state index contributed by atoms with van der Waals surface area (Å²) in [5.74, 6) is 0.243. The van der Waals surface area contributed by atoms with E-state index in [0.29, 0.717) is 0 Å². The quantitative estimate of drug-likeness (QED) is 0.742. The SMILES string of the molecule is Cc1ccc(-c2cc[nH]c(=O)c2)cc1O. The highest BCUT2D eigenvalue weighted by atomic mass is 16.3. The van der Waals surface area contributed by atoms with Gasteiger partial charge >= 0.3 is 0 Å². The number of aromatic hydroxyl groups is 1. The summed E-state index contributed by atoms with van der Waals surface area (Å²) in [4.78, 5) is 13.6. The molecule has 0 amide bonds. The lowest BCUT2D eigenvalue weighted by Gasteiger charge is -2.03. The Kier molecular flexibility index (Phi) is 2.29. The van der Waals surface area contributed by atoms with E-state index >= 15 is 0 Å². The van der Waals surface area contributed by atoms with Crippen LogP contribution in [0.5, 0.6) is 5.75 Å². The van der Waals surface area contributed by atoms with E-state index in [1.165, 1.54) is 6.07 Å². The number of hydrogen-bond acceptors (Lipinski definition) is 2. The highest BCUT2D eigenvalue weighted by molar-refractivity contribution is 5.65. The number of aromatic amines is 1. The van der Waals surface area contributed by atoms with Crippen LogP contribution in [0.3, 0.4) is 0 Å². The Bertz CT molecular complexity index is 543. The molecule has 2 aromatic rings. The molecule has 0 radical (unpaired) electrons. The van der Waals surface area contributed by atoms with Gasteiger partial charge in [0.15, 0.2) is 0 Å². The normalized spacial score (nSPS) is 10.2. The number of phenolic OH excluding ortho intramolecular Hbond substituents is 1. The van der Waals surface area contributed by atoms with E-state index in [-0.39, 0.29) is 11.3 Å². The first-order valence-corrected chi connectivity index (χ1v) is 4.65. The summed E-state index contributed by atoms with van der Waals surface area (Å²) < 4.78 is 0. The maximum Gasteiger partial charge on any atom is 0.248 e. The Morgan fingerprint density at radius 1 is 1.13 bits per heavy atom. The van der Waals surface area contributed by atoms with Crippen LogP contribution in [0.4, 0.5) is 0 Å². The van der Waals surface area contributed by atoms with Crippen molar-refractivity contribution in [1.29, 1.82) is 0 Å². The van der Waals surface area contributed by atoms with Gasteiger partial charge < -0.3 is 10.1 Å². The Morgan fingerprint density at radius 3 is 2.53 bits per heavy atom. The number of aromatic nitrogens is 1. The van der Waals surface area contributed by atoms with Gasteiger partial charge in [-0.2, -0.15) is 0 Å². The van der Waals surface area contributed by atoms with E-state index in [1.807, 2.05) is 19.1 Å². The molecule has 0 saturated carbocycles. The second kappa shape index (κ2) is 3.61. The second-order valence-electron chi connectivity index (χ2n) is 3.44. The molecule has 1 heterocycles. The fraction of sp³-hybridized carbons (Fsp3) is 0.0833. The summed E-state index contributed by atoms with van der Waals surface area (Å²) in [6, 6.07) is 8.66. The Hall–Kier alpha value is -2.03. The van der Waals surface area contributed by atoms with Crippen molar-refractivity contribution >= 4 is 0 Å². The van der Waals surface area contributed by atoms with Crippen molar-refractivity contribution in [3.05, 3.63) is 52.4 Å². The zero-order chi connectivity index (χ0) is 10.8. The van der Waals surface area contributed by atoms with Crippen LogP contribution < -0.4 is 5.56 Å². The molecule has 2 N–H and O–H groups in total. The number of pyridine rings is 1. The molecular weight excluding hydrogens is 190 g/mol. The first-order valence-electron chi connectivity index (χ1n) is 4.65. The smallest absolute Gasteiger partial charge is 0.248 e. The third kappa shape index (κ3) is 1.91. The fourth-order valence-corrected chi connectivity index (χ4v) is 1.41. The Labute approximate surface area is 87.0 Å². The molecule has 0 aliphatic carbocycles. The molecular formula is C12H11NO2. The van der Waals surface area contributed by atoms with E-state index in [2.05, 4.69) is 4.98 Å². The fourth-order valence-electron chi connectivity index (χ4n) is 1.41. The molecule has 3 nitrogen and oxygen atoms in total. The van der Waals surface area contributed by atoms with Crippen LogP contribution in [0.15, 0.2) is 41.3 Å². The minimum Gasteiger partial charge on any atom is -0.508 e. The third-order valence-corrected chi connectivity index (χ3v) is 2.32. The monoisotopic (exact) mass is 201 g/mol. The van der Waals surface area contributed by atoms with Crippen molar-refractivity contribution in [1.82, 2.24) is 4.98 Å². The van der Waals surface area contributed by atoms with Crippen LogP contribution in [-0.2, 0) is 0 Å². The zero-order valence-corrected chi connectivity index (χ0v) is 8.32. The number of rotatable bonds is 1. The van der Waals surface area contributed by atoms with Gasteiger partial charge in [0.25, 0.3) is 0 Å². The maximum absolute atomic E-state index is 11.1. The van der Waals surface area contributed by atoms with Gasteiger partial charge in [0.1, 0.15) is 5.75 Å². The molecule has 1 aromatic heterocycles. The van der Waals surface area contributed by atoms with Gasteiger partial charge in [0.05, 0.1) is 0 Å². The van der Waals surface area contributed by atoms with Crippen molar-refractivity contribution in [3.63, 3.8) is 0 Å². The number of hydrogen-bond donors (Lipinski definition) is 2. The van der Waals surface area contributed by atoms with Crippen molar-refractivity contribution in [2.45, 2.75) is 6.92 Å². The average molecular weight is 201 g/mol. The molecule has 2 rings (SSSR count). The Morgan fingerprint density at radius 2 is 1.87 bits per heavy atom. The van der Waals surface area contributed by atoms with Crippen molar-refractivity contribution in [2.24, 2.45) is 0 Å². The van der Waals surface area contributed by atoms with Crippen LogP contribution in [-0.4, -0.2) is 10.1 Å². The molecule has 0 bridgehead atoms. The molecule has 0 unspecified atom stereocenters. The summed E-state index contributed by atoms with van der Waals surface area (Å²) in [6.45, 7) is 1.83. The van der Waals surface area contributed by atoms with Crippen LogP contribution in [0, 0.1) is 6.92 Å². The van der Waals surface area contributed by atoms with Gasteiger partial charge in [-0.15, -0.1) is 0 Å². The summed E-state index contributed by atoms with van der Waals surface area (Å²) in [5, 5.41) is 9.54. The van der Waals surface area contributed by atoms with Crippen LogP contribution in [0.25, 0.3) is 11.1 Å². The zero-order valence-electron chi connectivity index (χ0n) is 8.32. The van der Waals surface area contributed by atoms with Gasteiger partial charge in [-0.3, -0.25) is 4.79 Å². The minimum atomic E-state index is -0.146. The lowest BCUT2D eigenvalue weighted by molar-refractivity contribution is 0.471. The molecule has 1 aromatic carbocycles. The van der Waals surface area contributed by atoms with Crippen LogP contribution in [0.1, 0.15) is 5.56 Å². The maximum atomic E-state index is 11.1. The van der Waals surface area contributed by atoms with Crippen molar-refractivity contribution in [2.75, 3.05) is 0 Å². The highest BCUT2D eigenvalue weighted by Crippen LogP contribution is 2.24. The van der Waals surface area contributed by atoms with Gasteiger partial charge in [-0.05, 0) is 35.7 Å². The number of phenols is 1. The molecule has 0 fully saturated rings. The molecule has 0 saturated heterocycles. The number of nitrogens with one attached hydrogen (secondary N) is 1. The lowest BCUT2D eigenvalue weighted by Crippen LogP contribution is -2.01. The second-order valence-corrected chi connectivity index (χ2v) is 3.44. The van der Waals surface area contributed by atoms with E-state index in [9.17, 15) is 9.90 Å². The largest absolute Gasteiger partial charge is 0.508 e. The van der Waals surface area contributed by atoms with Crippen molar-refractivity contribution in [3.8, 4) is 16.9 Å². The van der Waals surface area contributed by atoms with E-state index < -0.39 is 0 Å². The highest BCUT2D eigenvalue weighted by Gasteiger charge is 2.01. The molecule has 0 spiro atoms. The van der Waals surface area contributed by atoms with E-state index in [1.54, 1.807) is 18.3 Å².